The summed E-state index contributed by atoms with van der Waals surface area (Å²) in [7, 11) is 0. The molecule has 106 valence electrons. The fraction of sp³-hybridized carbons (Fsp3) is 0.211. The third-order valence-electron chi connectivity index (χ3n) is 3.80. The summed E-state index contributed by atoms with van der Waals surface area (Å²) in [5, 5.41) is 1.14. The maximum absolute atomic E-state index is 6.45. The van der Waals surface area contributed by atoms with Crippen LogP contribution in [0.25, 0.3) is 10.9 Å². The van der Waals surface area contributed by atoms with Gasteiger partial charge in [0.1, 0.15) is 0 Å². The van der Waals surface area contributed by atoms with E-state index >= 15 is 0 Å². The zero-order valence-electron chi connectivity index (χ0n) is 12.5. The third kappa shape index (κ3) is 2.96. The summed E-state index contributed by atoms with van der Waals surface area (Å²) >= 11 is 0. The van der Waals surface area contributed by atoms with Crippen LogP contribution in [0.5, 0.6) is 0 Å². The van der Waals surface area contributed by atoms with E-state index in [1.807, 2.05) is 12.3 Å². The van der Waals surface area contributed by atoms with Crippen molar-refractivity contribution < 1.29 is 0 Å². The Bertz CT molecular complexity index is 752. The minimum absolute atomic E-state index is 0.0372. The van der Waals surface area contributed by atoms with Gasteiger partial charge >= 0.3 is 0 Å². The molecule has 3 rings (SSSR count). The molecule has 2 nitrogen and oxygen atoms in total. The average Bonchev–Trinajstić information content (AvgIpc) is 2.45. The number of aryl methyl sites for hydroxylation is 2. The van der Waals surface area contributed by atoms with Crippen LogP contribution in [0.15, 0.2) is 54.7 Å². The van der Waals surface area contributed by atoms with Crippen LogP contribution >= 0.6 is 0 Å². The van der Waals surface area contributed by atoms with Crippen LogP contribution in [0, 0.1) is 13.8 Å². The van der Waals surface area contributed by atoms with Crippen molar-refractivity contribution >= 4 is 10.9 Å². The molecule has 0 fully saturated rings. The highest BCUT2D eigenvalue weighted by atomic mass is 14.7. The van der Waals surface area contributed by atoms with Crippen LogP contribution in [-0.2, 0) is 6.42 Å². The van der Waals surface area contributed by atoms with Gasteiger partial charge in [0.25, 0.3) is 0 Å². The van der Waals surface area contributed by atoms with Crippen molar-refractivity contribution in [1.29, 1.82) is 0 Å². The Morgan fingerprint density at radius 2 is 1.71 bits per heavy atom. The Morgan fingerprint density at radius 1 is 1.00 bits per heavy atom. The van der Waals surface area contributed by atoms with Crippen LogP contribution in [0.1, 0.15) is 28.3 Å². The van der Waals surface area contributed by atoms with E-state index in [9.17, 15) is 0 Å². The van der Waals surface area contributed by atoms with Gasteiger partial charge in [0.15, 0.2) is 0 Å². The lowest BCUT2D eigenvalue weighted by molar-refractivity contribution is 0.725. The number of rotatable bonds is 3. The molecular formula is C19H20N2. The normalized spacial score (nSPS) is 12.5. The molecule has 1 heterocycles. The molecule has 0 spiro atoms. The van der Waals surface area contributed by atoms with Gasteiger partial charge in [-0.25, -0.2) is 0 Å². The van der Waals surface area contributed by atoms with Gasteiger partial charge in [0, 0.05) is 17.6 Å². The van der Waals surface area contributed by atoms with Gasteiger partial charge in [-0.05, 0) is 37.5 Å². The first-order chi connectivity index (χ1) is 10.1. The van der Waals surface area contributed by atoms with Crippen molar-refractivity contribution in [2.24, 2.45) is 5.73 Å². The molecule has 2 aromatic carbocycles. The Kier molecular flexibility index (Phi) is 3.72. The second-order valence-electron chi connectivity index (χ2n) is 5.73. The predicted octanol–water partition coefficient (Wildman–Crippen LogP) is 4.09. The van der Waals surface area contributed by atoms with Gasteiger partial charge in [-0.15, -0.1) is 0 Å². The van der Waals surface area contributed by atoms with Crippen molar-refractivity contribution in [3.63, 3.8) is 0 Å². The van der Waals surface area contributed by atoms with E-state index in [2.05, 4.69) is 61.3 Å². The quantitative estimate of drug-likeness (QED) is 0.782. The molecule has 0 amide bonds. The van der Waals surface area contributed by atoms with Gasteiger partial charge in [-0.1, -0.05) is 53.6 Å². The minimum Gasteiger partial charge on any atom is -0.324 e. The second-order valence-corrected chi connectivity index (χ2v) is 5.73. The fourth-order valence-corrected chi connectivity index (χ4v) is 2.98. The highest BCUT2D eigenvalue weighted by molar-refractivity contribution is 5.82. The number of nitrogens with zero attached hydrogens (tertiary/aromatic N) is 1. The summed E-state index contributed by atoms with van der Waals surface area (Å²) in [5.41, 5.74) is 12.4. The Labute approximate surface area is 125 Å². The van der Waals surface area contributed by atoms with Crippen molar-refractivity contribution in [3.8, 4) is 0 Å². The largest absolute Gasteiger partial charge is 0.324 e. The van der Waals surface area contributed by atoms with Crippen molar-refractivity contribution in [3.05, 3.63) is 77.0 Å². The van der Waals surface area contributed by atoms with E-state index in [1.165, 1.54) is 16.7 Å². The lowest BCUT2D eigenvalue weighted by Gasteiger charge is -2.15. The number of hydrogen-bond donors (Lipinski definition) is 1. The molecule has 0 saturated carbocycles. The van der Waals surface area contributed by atoms with Gasteiger partial charge in [-0.2, -0.15) is 0 Å². The number of aromatic nitrogens is 1. The first-order valence-electron chi connectivity index (χ1n) is 7.30. The van der Waals surface area contributed by atoms with Gasteiger partial charge in [0.2, 0.25) is 0 Å². The molecule has 2 N–H and O–H groups in total. The van der Waals surface area contributed by atoms with Crippen LogP contribution in [0.3, 0.4) is 0 Å². The van der Waals surface area contributed by atoms with E-state index in [0.29, 0.717) is 0 Å². The molecule has 21 heavy (non-hydrogen) atoms. The van der Waals surface area contributed by atoms with Gasteiger partial charge in [-0.3, -0.25) is 4.98 Å². The number of nitrogens with two attached hydrogens (primary N) is 1. The smallest absolute Gasteiger partial charge is 0.0749 e. The van der Waals surface area contributed by atoms with E-state index in [0.717, 1.165) is 22.9 Å². The molecule has 0 bridgehead atoms. The average molecular weight is 276 g/mol. The summed E-state index contributed by atoms with van der Waals surface area (Å²) < 4.78 is 0. The summed E-state index contributed by atoms with van der Waals surface area (Å²) in [6.07, 6.45) is 2.66. The predicted molar refractivity (Wildman–Crippen MR) is 88.3 cm³/mol. The molecule has 3 aromatic rings. The summed E-state index contributed by atoms with van der Waals surface area (Å²) in [6, 6.07) is 16.8. The Hall–Kier alpha value is -2.19. The Balaban J connectivity index is 1.95. The number of benzene rings is 2. The number of para-hydroxylation sites is 1. The highest BCUT2D eigenvalue weighted by Gasteiger charge is 2.11. The lowest BCUT2D eigenvalue weighted by Crippen LogP contribution is -2.14. The topological polar surface area (TPSA) is 38.9 Å². The number of fused-ring (bicyclic) bond motifs is 1. The molecule has 0 aliphatic carbocycles. The third-order valence-corrected chi connectivity index (χ3v) is 3.80. The molecule has 0 radical (unpaired) electrons. The van der Waals surface area contributed by atoms with Crippen LogP contribution in [-0.4, -0.2) is 4.98 Å². The molecule has 0 aliphatic heterocycles. The number of pyridine rings is 1. The van der Waals surface area contributed by atoms with E-state index in [4.69, 9.17) is 5.73 Å². The zero-order chi connectivity index (χ0) is 14.8. The molecular weight excluding hydrogens is 256 g/mol. The second kappa shape index (κ2) is 5.66. The SMILES string of the molecule is Cc1cc(C)cc(CC(N)c2cccc3cccnc23)c1. The maximum Gasteiger partial charge on any atom is 0.0749 e. The van der Waals surface area contributed by atoms with Crippen molar-refractivity contribution in [2.75, 3.05) is 0 Å². The first-order valence-corrected chi connectivity index (χ1v) is 7.30. The standard InChI is InChI=1S/C19H20N2/c1-13-9-14(2)11-15(10-13)12-18(20)17-7-3-5-16-6-4-8-21-19(16)17/h3-11,18H,12,20H2,1-2H3. The van der Waals surface area contributed by atoms with Crippen LogP contribution in [0.2, 0.25) is 0 Å². The van der Waals surface area contributed by atoms with E-state index in [1.54, 1.807) is 0 Å². The van der Waals surface area contributed by atoms with E-state index in [-0.39, 0.29) is 6.04 Å². The summed E-state index contributed by atoms with van der Waals surface area (Å²) in [4.78, 5) is 4.50. The molecule has 2 heteroatoms. The van der Waals surface area contributed by atoms with Gasteiger partial charge < -0.3 is 5.73 Å². The summed E-state index contributed by atoms with van der Waals surface area (Å²) in [6.45, 7) is 4.25. The molecule has 0 aliphatic rings. The van der Waals surface area contributed by atoms with Gasteiger partial charge in [0.05, 0.1) is 5.52 Å². The number of hydrogen-bond acceptors (Lipinski definition) is 2. The molecule has 1 atom stereocenters. The van der Waals surface area contributed by atoms with Crippen LogP contribution in [0.4, 0.5) is 0 Å². The van der Waals surface area contributed by atoms with Crippen LogP contribution < -0.4 is 5.73 Å². The first kappa shape index (κ1) is 13.8. The molecule has 1 aromatic heterocycles. The summed E-state index contributed by atoms with van der Waals surface area (Å²) in [5.74, 6) is 0. The van der Waals surface area contributed by atoms with Crippen molar-refractivity contribution in [1.82, 2.24) is 4.98 Å². The molecule has 1 unspecified atom stereocenters. The maximum atomic E-state index is 6.45. The zero-order valence-corrected chi connectivity index (χ0v) is 12.5. The lowest BCUT2D eigenvalue weighted by atomic mass is 9.95. The Morgan fingerprint density at radius 3 is 2.48 bits per heavy atom. The highest BCUT2D eigenvalue weighted by Crippen LogP contribution is 2.24. The fourth-order valence-electron chi connectivity index (χ4n) is 2.98. The molecule has 0 saturated heterocycles. The van der Waals surface area contributed by atoms with E-state index < -0.39 is 0 Å². The van der Waals surface area contributed by atoms with Crippen molar-refractivity contribution in [2.45, 2.75) is 26.3 Å². The monoisotopic (exact) mass is 276 g/mol. The minimum atomic E-state index is -0.0372.